The number of carbonyl (C=O) groups excluding carboxylic acids is 1. The summed E-state index contributed by atoms with van der Waals surface area (Å²) in [4.78, 5) is 48.7. The Balaban J connectivity index is 1.06. The number of nitrogens with one attached hydrogen (secondary N) is 1. The molecule has 1 N–H and O–H groups in total. The van der Waals surface area contributed by atoms with Crippen molar-refractivity contribution in [1.29, 1.82) is 5.26 Å². The minimum Gasteiger partial charge on any atom is -0.355 e. The summed E-state index contributed by atoms with van der Waals surface area (Å²) in [7, 11) is -2.34. The summed E-state index contributed by atoms with van der Waals surface area (Å²) in [5, 5.41) is 12.5. The fraction of sp³-hybridized carbons (Fsp3) is 0.293. The number of halogens is 3. The van der Waals surface area contributed by atoms with E-state index in [1.54, 1.807) is 31.2 Å². The summed E-state index contributed by atoms with van der Waals surface area (Å²) in [5.41, 5.74) is 2.14. The number of carbonyl (C=O) groups is 1. The number of sulfonamides is 1. The Labute approximate surface area is 346 Å². The SMILES string of the molecule is Cc1nc2cnc(N(C)C3CCN(C4CC(F)(F)C4)CC3)c(C#N)c2c(=O)n1CC#Cc1ccc(Cl)cc1-c1ccnc2c(C(=O)NS(=O)(=O)c3ccncc3)csc12. The Hall–Kier alpha value is -5.85. The van der Waals surface area contributed by atoms with Gasteiger partial charge in [-0.15, -0.1) is 11.3 Å². The predicted molar refractivity (Wildman–Crippen MR) is 220 cm³/mol. The van der Waals surface area contributed by atoms with Crippen molar-refractivity contribution in [3.63, 3.8) is 0 Å². The Morgan fingerprint density at radius 1 is 1.10 bits per heavy atom. The van der Waals surface area contributed by atoms with E-state index in [1.807, 2.05) is 11.9 Å². The summed E-state index contributed by atoms with van der Waals surface area (Å²) in [6, 6.07) is 11.5. The molecule has 0 atom stereocenters. The van der Waals surface area contributed by atoms with Crippen molar-refractivity contribution < 1.29 is 22.0 Å². The van der Waals surface area contributed by atoms with Crippen LogP contribution in [0.3, 0.4) is 0 Å². The molecule has 13 nitrogen and oxygen atoms in total. The van der Waals surface area contributed by atoms with Crippen LogP contribution in [0, 0.1) is 30.1 Å². The lowest BCUT2D eigenvalue weighted by atomic mass is 9.85. The number of likely N-dealkylation sites (tertiary alicyclic amines) is 1. The fourth-order valence-corrected chi connectivity index (χ4v) is 9.85. The molecule has 6 heterocycles. The van der Waals surface area contributed by atoms with Gasteiger partial charge in [0.25, 0.3) is 27.4 Å². The standard InChI is InChI=1S/C41H34ClF2N9O4S2/c1-24-49-34-22-48-38(51(2)27-10-16-52(17-11-27)28-19-41(43,44)20-28)32(21-45)35(34)40(55)53(24)15-3-4-25-5-6-26(42)18-31(25)30-9-14-47-36-33(23-58-37(30)36)39(54)50-59(56,57)29-7-12-46-13-8-29/h5-9,12-14,18,22-23,27-28H,10-11,15-17,19-20H2,1-2H3,(H,50,54). The van der Waals surface area contributed by atoms with Crippen LogP contribution in [0.4, 0.5) is 14.6 Å². The van der Waals surface area contributed by atoms with Crippen LogP contribution in [-0.4, -0.2) is 81.9 Å². The molecule has 8 rings (SSSR count). The number of thiophene rings is 1. The Bertz CT molecular complexity index is 2930. The van der Waals surface area contributed by atoms with E-state index < -0.39 is 27.4 Å². The first kappa shape index (κ1) is 40.0. The smallest absolute Gasteiger partial charge is 0.268 e. The van der Waals surface area contributed by atoms with Gasteiger partial charge in [-0.25, -0.2) is 31.9 Å². The third-order valence-corrected chi connectivity index (χ3v) is 13.5. The Morgan fingerprint density at radius 2 is 1.85 bits per heavy atom. The van der Waals surface area contributed by atoms with Crippen molar-refractivity contribution >= 4 is 65.8 Å². The number of pyridine rings is 3. The second-order valence-electron chi connectivity index (χ2n) is 14.5. The minimum absolute atomic E-state index is 0.00254. The first-order chi connectivity index (χ1) is 28.2. The summed E-state index contributed by atoms with van der Waals surface area (Å²) >= 11 is 7.68. The van der Waals surface area contributed by atoms with Crippen molar-refractivity contribution in [2.75, 3.05) is 25.0 Å². The lowest BCUT2D eigenvalue weighted by molar-refractivity contribution is -0.127. The van der Waals surface area contributed by atoms with Gasteiger partial charge in [0.15, 0.2) is 0 Å². The van der Waals surface area contributed by atoms with Gasteiger partial charge in [0.05, 0.1) is 44.3 Å². The molecule has 1 aliphatic heterocycles. The van der Waals surface area contributed by atoms with E-state index in [0.717, 1.165) is 0 Å². The largest absolute Gasteiger partial charge is 0.355 e. The normalized spacial score (nSPS) is 15.9. The summed E-state index contributed by atoms with van der Waals surface area (Å²) in [5.74, 6) is 3.54. The number of alkyl halides is 2. The van der Waals surface area contributed by atoms with Crippen LogP contribution in [0.2, 0.25) is 5.02 Å². The van der Waals surface area contributed by atoms with Crippen LogP contribution in [0.15, 0.2) is 76.3 Å². The quantitative estimate of drug-likeness (QED) is 0.174. The molecule has 6 aromatic rings. The highest BCUT2D eigenvalue weighted by atomic mass is 35.5. The molecular formula is C41H34ClF2N9O4S2. The number of nitriles is 1. The summed E-state index contributed by atoms with van der Waals surface area (Å²) in [6.07, 6.45) is 6.81. The van der Waals surface area contributed by atoms with Crippen LogP contribution in [-0.2, 0) is 16.6 Å². The number of hydrogen-bond acceptors (Lipinski definition) is 12. The van der Waals surface area contributed by atoms with E-state index in [-0.39, 0.29) is 63.9 Å². The van der Waals surface area contributed by atoms with E-state index in [0.29, 0.717) is 64.0 Å². The monoisotopic (exact) mass is 853 g/mol. The van der Waals surface area contributed by atoms with Crippen LogP contribution in [0.1, 0.15) is 53.0 Å². The van der Waals surface area contributed by atoms with E-state index in [9.17, 15) is 32.0 Å². The van der Waals surface area contributed by atoms with E-state index in [1.165, 1.54) is 58.2 Å². The molecule has 300 valence electrons. The van der Waals surface area contributed by atoms with Crippen LogP contribution in [0.25, 0.3) is 32.2 Å². The fourth-order valence-electron chi connectivity index (χ4n) is 7.69. The van der Waals surface area contributed by atoms with Gasteiger partial charge in [-0.2, -0.15) is 5.26 Å². The number of aryl methyl sites for hydroxylation is 1. The average molecular weight is 854 g/mol. The van der Waals surface area contributed by atoms with Gasteiger partial charge in [0.2, 0.25) is 0 Å². The molecule has 5 aromatic heterocycles. The number of benzene rings is 1. The maximum absolute atomic E-state index is 14.1. The molecule has 0 spiro atoms. The van der Waals surface area contributed by atoms with Gasteiger partial charge in [-0.1, -0.05) is 23.4 Å². The highest BCUT2D eigenvalue weighted by Crippen LogP contribution is 2.42. The lowest BCUT2D eigenvalue weighted by Gasteiger charge is -2.46. The van der Waals surface area contributed by atoms with Gasteiger partial charge < -0.3 is 4.90 Å². The first-order valence-electron chi connectivity index (χ1n) is 18.5. The predicted octanol–water partition coefficient (Wildman–Crippen LogP) is 6.17. The van der Waals surface area contributed by atoms with E-state index in [4.69, 9.17) is 11.6 Å². The molecule has 0 bridgehead atoms. The third-order valence-electron chi connectivity index (χ3n) is 10.9. The molecule has 1 saturated heterocycles. The lowest BCUT2D eigenvalue weighted by Crippen LogP contribution is -2.55. The minimum atomic E-state index is -4.17. The van der Waals surface area contributed by atoms with Gasteiger partial charge in [0.1, 0.15) is 23.3 Å². The van der Waals surface area contributed by atoms with Crippen molar-refractivity contribution in [1.82, 2.24) is 34.1 Å². The number of nitrogens with zero attached hydrogens (tertiary/aromatic N) is 8. The number of anilines is 1. The van der Waals surface area contributed by atoms with Crippen molar-refractivity contribution in [3.8, 4) is 29.0 Å². The van der Waals surface area contributed by atoms with E-state index >= 15 is 0 Å². The number of amides is 1. The molecule has 1 aliphatic carbocycles. The molecule has 59 heavy (non-hydrogen) atoms. The highest BCUT2D eigenvalue weighted by molar-refractivity contribution is 7.90. The molecule has 0 unspecified atom stereocenters. The maximum Gasteiger partial charge on any atom is 0.268 e. The maximum atomic E-state index is 14.1. The molecular weight excluding hydrogens is 820 g/mol. The van der Waals surface area contributed by atoms with Gasteiger partial charge in [-0.3, -0.25) is 29.0 Å². The number of rotatable bonds is 8. The van der Waals surface area contributed by atoms with Crippen molar-refractivity contribution in [3.05, 3.63) is 104 Å². The zero-order chi connectivity index (χ0) is 41.6. The van der Waals surface area contributed by atoms with E-state index in [2.05, 4.69) is 47.5 Å². The second-order valence-corrected chi connectivity index (χ2v) is 17.5. The highest BCUT2D eigenvalue weighted by Gasteiger charge is 2.48. The van der Waals surface area contributed by atoms with Gasteiger partial charge in [0, 0.05) is 90.7 Å². The van der Waals surface area contributed by atoms with Crippen molar-refractivity contribution in [2.45, 2.75) is 62.1 Å². The number of fused-ring (bicyclic) bond motifs is 2. The summed E-state index contributed by atoms with van der Waals surface area (Å²) in [6.45, 7) is 2.93. The Kier molecular flexibility index (Phi) is 10.6. The van der Waals surface area contributed by atoms with Crippen LogP contribution < -0.4 is 15.2 Å². The van der Waals surface area contributed by atoms with Gasteiger partial charge in [-0.05, 0) is 56.2 Å². The third kappa shape index (κ3) is 7.74. The number of aromatic nitrogens is 5. The molecule has 0 radical (unpaired) electrons. The molecule has 1 amide bonds. The Morgan fingerprint density at radius 3 is 2.56 bits per heavy atom. The number of piperidine rings is 1. The molecule has 2 aliphatic rings. The zero-order valence-corrected chi connectivity index (χ0v) is 34.0. The molecule has 18 heteroatoms. The molecule has 1 saturated carbocycles. The first-order valence-corrected chi connectivity index (χ1v) is 21.3. The summed E-state index contributed by atoms with van der Waals surface area (Å²) < 4.78 is 56.8. The molecule has 1 aromatic carbocycles. The van der Waals surface area contributed by atoms with Crippen LogP contribution in [0.5, 0.6) is 0 Å². The number of hydrogen-bond donors (Lipinski definition) is 1. The zero-order valence-electron chi connectivity index (χ0n) is 31.6. The van der Waals surface area contributed by atoms with Crippen molar-refractivity contribution in [2.24, 2.45) is 0 Å². The van der Waals surface area contributed by atoms with Crippen LogP contribution >= 0.6 is 22.9 Å². The van der Waals surface area contributed by atoms with Gasteiger partial charge >= 0.3 is 0 Å². The topological polar surface area (TPSA) is 167 Å². The molecule has 2 fully saturated rings. The second kappa shape index (κ2) is 15.7. The average Bonchev–Trinajstić information content (AvgIpc) is 3.66.